The van der Waals surface area contributed by atoms with Crippen LogP contribution in [0.25, 0.3) is 0 Å². The molecule has 0 saturated carbocycles. The lowest BCUT2D eigenvalue weighted by molar-refractivity contribution is 0.0957. The summed E-state index contributed by atoms with van der Waals surface area (Å²) < 4.78 is 0. The molecule has 0 radical (unpaired) electrons. The van der Waals surface area contributed by atoms with Crippen molar-refractivity contribution in [1.29, 1.82) is 0 Å². The normalized spacial score (nSPS) is 15.8. The lowest BCUT2D eigenvalue weighted by Gasteiger charge is -2.07. The van der Waals surface area contributed by atoms with Crippen molar-refractivity contribution >= 4 is 17.2 Å². The van der Waals surface area contributed by atoms with Crippen LogP contribution >= 0.6 is 11.3 Å². The van der Waals surface area contributed by atoms with Crippen molar-refractivity contribution in [1.82, 2.24) is 5.32 Å². The van der Waals surface area contributed by atoms with Gasteiger partial charge in [-0.3, -0.25) is 4.79 Å². The van der Waals surface area contributed by atoms with Crippen LogP contribution in [0.3, 0.4) is 0 Å². The Hall–Kier alpha value is -0.830. The van der Waals surface area contributed by atoms with Crippen molar-refractivity contribution in [2.45, 2.75) is 51.9 Å². The van der Waals surface area contributed by atoms with E-state index in [0.29, 0.717) is 0 Å². The molecule has 0 aliphatic heterocycles. The van der Waals surface area contributed by atoms with Gasteiger partial charge in [-0.1, -0.05) is 19.8 Å². The van der Waals surface area contributed by atoms with Gasteiger partial charge < -0.3 is 5.32 Å². The molecule has 1 aliphatic rings. The minimum atomic E-state index is 0.114. The third-order valence-corrected chi connectivity index (χ3v) is 4.49. The third-order valence-electron chi connectivity index (χ3n) is 3.26. The number of nitrogens with one attached hydrogen (secondary N) is 1. The summed E-state index contributed by atoms with van der Waals surface area (Å²) in [5, 5.41) is 2.96. The fourth-order valence-corrected chi connectivity index (χ4v) is 3.45. The number of hydrogen-bond acceptors (Lipinski definition) is 2. The van der Waals surface area contributed by atoms with Crippen LogP contribution in [-0.2, 0) is 12.8 Å². The smallest absolute Gasteiger partial charge is 0.261 e. The Labute approximate surface area is 107 Å². The van der Waals surface area contributed by atoms with Crippen LogP contribution in [0, 0.1) is 0 Å². The van der Waals surface area contributed by atoms with Gasteiger partial charge in [-0.25, -0.2) is 0 Å². The van der Waals surface area contributed by atoms with Gasteiger partial charge in [0.2, 0.25) is 0 Å². The summed E-state index contributed by atoms with van der Waals surface area (Å²) in [6, 6.07) is 2.12. The second-order valence-corrected chi connectivity index (χ2v) is 5.87. The van der Waals surface area contributed by atoms with Crippen molar-refractivity contribution < 1.29 is 4.79 Å². The van der Waals surface area contributed by atoms with E-state index in [1.807, 2.05) is 0 Å². The van der Waals surface area contributed by atoms with Crippen LogP contribution in [0.15, 0.2) is 6.07 Å². The summed E-state index contributed by atoms with van der Waals surface area (Å²) in [6.07, 6.45) is 8.56. The lowest BCUT2D eigenvalue weighted by atomic mass is 10.00. The van der Waals surface area contributed by atoms with Gasteiger partial charge in [0, 0.05) is 11.4 Å². The second-order valence-electron chi connectivity index (χ2n) is 4.73. The fraction of sp³-hybridized carbons (Fsp3) is 0.643. The van der Waals surface area contributed by atoms with E-state index in [-0.39, 0.29) is 5.91 Å². The summed E-state index contributed by atoms with van der Waals surface area (Å²) in [4.78, 5) is 14.3. The standard InChI is InChI=1S/C14H21NOS/c1-2-9-15-14(16)13-10-11-7-5-3-4-6-8-12(11)17-13/h10H,2-9H2,1H3,(H,15,16). The summed E-state index contributed by atoms with van der Waals surface area (Å²) in [5.74, 6) is 0.114. The largest absolute Gasteiger partial charge is 0.351 e. The highest BCUT2D eigenvalue weighted by atomic mass is 32.1. The summed E-state index contributed by atoms with van der Waals surface area (Å²) in [6.45, 7) is 2.86. The van der Waals surface area contributed by atoms with Gasteiger partial charge in [0.05, 0.1) is 4.88 Å². The number of fused-ring (bicyclic) bond motifs is 1. The molecule has 0 spiro atoms. The molecule has 3 heteroatoms. The molecule has 0 saturated heterocycles. The highest BCUT2D eigenvalue weighted by molar-refractivity contribution is 7.14. The van der Waals surface area contributed by atoms with Gasteiger partial charge >= 0.3 is 0 Å². The summed E-state index contributed by atoms with van der Waals surface area (Å²) in [5.41, 5.74) is 1.43. The maximum absolute atomic E-state index is 11.9. The topological polar surface area (TPSA) is 29.1 Å². The Kier molecular flexibility index (Phi) is 4.60. The molecule has 0 aromatic carbocycles. The molecule has 1 N–H and O–H groups in total. The SMILES string of the molecule is CCCNC(=O)c1cc2c(s1)CCCCCC2. The molecule has 1 aromatic heterocycles. The van der Waals surface area contributed by atoms with E-state index in [0.717, 1.165) is 24.3 Å². The predicted molar refractivity (Wildman–Crippen MR) is 72.8 cm³/mol. The van der Waals surface area contributed by atoms with E-state index in [9.17, 15) is 4.79 Å². The van der Waals surface area contributed by atoms with Crippen LogP contribution < -0.4 is 5.32 Å². The summed E-state index contributed by atoms with van der Waals surface area (Å²) >= 11 is 1.70. The number of hydrogen-bond donors (Lipinski definition) is 1. The Balaban J connectivity index is 2.09. The predicted octanol–water partition coefficient (Wildman–Crippen LogP) is 3.55. The maximum atomic E-state index is 11.9. The molecule has 2 nitrogen and oxygen atoms in total. The van der Waals surface area contributed by atoms with Crippen LogP contribution in [-0.4, -0.2) is 12.5 Å². The number of carbonyl (C=O) groups excluding carboxylic acids is 1. The molecule has 0 atom stereocenters. The Morgan fingerprint density at radius 1 is 1.29 bits per heavy atom. The molecule has 1 heterocycles. The molecule has 1 amide bonds. The minimum Gasteiger partial charge on any atom is -0.351 e. The Morgan fingerprint density at radius 2 is 2.06 bits per heavy atom. The number of rotatable bonds is 3. The fourth-order valence-electron chi connectivity index (χ4n) is 2.28. The molecular weight excluding hydrogens is 230 g/mol. The number of amides is 1. The Bertz CT molecular complexity index is 358. The zero-order chi connectivity index (χ0) is 12.1. The van der Waals surface area contributed by atoms with E-state index >= 15 is 0 Å². The lowest BCUT2D eigenvalue weighted by Crippen LogP contribution is -2.22. The first-order valence-electron chi connectivity index (χ1n) is 6.71. The third kappa shape index (κ3) is 3.32. The van der Waals surface area contributed by atoms with E-state index in [1.165, 1.54) is 42.5 Å². The van der Waals surface area contributed by atoms with Crippen molar-refractivity contribution in [3.63, 3.8) is 0 Å². The van der Waals surface area contributed by atoms with E-state index in [4.69, 9.17) is 0 Å². The van der Waals surface area contributed by atoms with Crippen molar-refractivity contribution in [2.75, 3.05) is 6.54 Å². The van der Waals surface area contributed by atoms with Crippen molar-refractivity contribution in [3.8, 4) is 0 Å². The molecule has 1 aromatic rings. The average molecular weight is 251 g/mol. The molecule has 2 rings (SSSR count). The molecule has 0 fully saturated rings. The van der Waals surface area contributed by atoms with Gasteiger partial charge in [0.1, 0.15) is 0 Å². The zero-order valence-electron chi connectivity index (χ0n) is 10.6. The first-order chi connectivity index (χ1) is 8.31. The zero-order valence-corrected chi connectivity index (χ0v) is 11.4. The minimum absolute atomic E-state index is 0.114. The average Bonchev–Trinajstić information content (AvgIpc) is 2.68. The number of aryl methyl sites for hydroxylation is 2. The number of carbonyl (C=O) groups is 1. The van der Waals surface area contributed by atoms with E-state index in [1.54, 1.807) is 11.3 Å². The van der Waals surface area contributed by atoms with Crippen molar-refractivity contribution in [3.05, 3.63) is 21.4 Å². The highest BCUT2D eigenvalue weighted by Gasteiger charge is 2.15. The molecule has 0 unspecified atom stereocenters. The van der Waals surface area contributed by atoms with E-state index in [2.05, 4.69) is 18.3 Å². The monoisotopic (exact) mass is 251 g/mol. The van der Waals surface area contributed by atoms with Gasteiger partial charge in [-0.2, -0.15) is 0 Å². The quantitative estimate of drug-likeness (QED) is 0.874. The molecule has 1 aliphatic carbocycles. The van der Waals surface area contributed by atoms with Gasteiger partial charge in [-0.15, -0.1) is 11.3 Å². The molecular formula is C14H21NOS. The first-order valence-corrected chi connectivity index (χ1v) is 7.52. The van der Waals surface area contributed by atoms with Crippen LogP contribution in [0.4, 0.5) is 0 Å². The van der Waals surface area contributed by atoms with Gasteiger partial charge in [0.15, 0.2) is 0 Å². The van der Waals surface area contributed by atoms with Gasteiger partial charge in [-0.05, 0) is 43.7 Å². The summed E-state index contributed by atoms with van der Waals surface area (Å²) in [7, 11) is 0. The molecule has 94 valence electrons. The van der Waals surface area contributed by atoms with Crippen LogP contribution in [0.1, 0.15) is 59.1 Å². The van der Waals surface area contributed by atoms with Gasteiger partial charge in [0.25, 0.3) is 5.91 Å². The molecule has 0 bridgehead atoms. The number of thiophene rings is 1. The highest BCUT2D eigenvalue weighted by Crippen LogP contribution is 2.28. The second kappa shape index (κ2) is 6.20. The van der Waals surface area contributed by atoms with Crippen LogP contribution in [0.2, 0.25) is 0 Å². The van der Waals surface area contributed by atoms with Crippen molar-refractivity contribution in [2.24, 2.45) is 0 Å². The first kappa shape index (κ1) is 12.6. The molecule has 17 heavy (non-hydrogen) atoms. The maximum Gasteiger partial charge on any atom is 0.261 e. The Morgan fingerprint density at radius 3 is 2.82 bits per heavy atom. The van der Waals surface area contributed by atoms with E-state index < -0.39 is 0 Å². The van der Waals surface area contributed by atoms with Crippen LogP contribution in [0.5, 0.6) is 0 Å².